The van der Waals surface area contributed by atoms with E-state index in [0.29, 0.717) is 26.2 Å². The van der Waals surface area contributed by atoms with Crippen LogP contribution in [0.1, 0.15) is 60.6 Å². The summed E-state index contributed by atoms with van der Waals surface area (Å²) >= 11 is 0. The van der Waals surface area contributed by atoms with Gasteiger partial charge in [0.2, 0.25) is 0 Å². The fourth-order valence-corrected chi connectivity index (χ4v) is 4.95. The first kappa shape index (κ1) is 26.2. The molecule has 0 unspecified atom stereocenters. The minimum absolute atomic E-state index is 0.0179. The van der Waals surface area contributed by atoms with Crippen LogP contribution in [0.2, 0.25) is 0 Å². The van der Waals surface area contributed by atoms with Crippen LogP contribution < -0.4 is 5.32 Å². The lowest BCUT2D eigenvalue weighted by atomic mass is 10.0. The summed E-state index contributed by atoms with van der Waals surface area (Å²) in [7, 11) is 0. The van der Waals surface area contributed by atoms with Crippen molar-refractivity contribution in [2.75, 3.05) is 32.8 Å². The zero-order valence-electron chi connectivity index (χ0n) is 20.0. The van der Waals surface area contributed by atoms with Gasteiger partial charge in [-0.25, -0.2) is 0 Å². The molecule has 11 heteroatoms. The maximum absolute atomic E-state index is 13.8. The topological polar surface area (TPSA) is 96.7 Å². The van der Waals surface area contributed by atoms with Crippen LogP contribution in [0.15, 0.2) is 30.3 Å². The van der Waals surface area contributed by atoms with Crippen molar-refractivity contribution < 1.29 is 32.6 Å². The summed E-state index contributed by atoms with van der Waals surface area (Å²) in [5.74, 6) is -1.63. The Morgan fingerprint density at radius 1 is 1.17 bits per heavy atom. The van der Waals surface area contributed by atoms with Crippen LogP contribution in [0.5, 0.6) is 0 Å². The molecule has 2 heterocycles. The monoisotopic (exact) mass is 508 g/mol. The molecule has 1 aliphatic carbocycles. The van der Waals surface area contributed by atoms with Gasteiger partial charge in [-0.1, -0.05) is 31.0 Å². The Balaban J connectivity index is 1.58. The molecule has 36 heavy (non-hydrogen) atoms. The zero-order valence-corrected chi connectivity index (χ0v) is 20.0. The maximum Gasteiger partial charge on any atom is 0.417 e. The van der Waals surface area contributed by atoms with Crippen molar-refractivity contribution in [3.8, 4) is 11.3 Å². The van der Waals surface area contributed by atoms with E-state index in [4.69, 9.17) is 4.74 Å². The van der Waals surface area contributed by atoms with Gasteiger partial charge in [0.1, 0.15) is 0 Å². The summed E-state index contributed by atoms with van der Waals surface area (Å²) in [6.45, 7) is 3.29. The number of benzene rings is 1. The number of morpholine rings is 1. The molecule has 1 amide bonds. The van der Waals surface area contributed by atoms with E-state index in [9.17, 15) is 27.9 Å². The second kappa shape index (κ2) is 11.4. The van der Waals surface area contributed by atoms with E-state index in [-0.39, 0.29) is 29.4 Å². The highest BCUT2D eigenvalue weighted by Gasteiger charge is 2.35. The van der Waals surface area contributed by atoms with E-state index in [1.807, 2.05) is 0 Å². The average Bonchev–Trinajstić information content (AvgIpc) is 3.52. The summed E-state index contributed by atoms with van der Waals surface area (Å²) in [4.78, 5) is 26.7. The van der Waals surface area contributed by atoms with Crippen LogP contribution >= 0.6 is 0 Å². The van der Waals surface area contributed by atoms with E-state index >= 15 is 0 Å². The summed E-state index contributed by atoms with van der Waals surface area (Å²) in [6, 6.07) is 5.93. The normalized spacial score (nSPS) is 18.3. The molecule has 4 rings (SSSR count). The number of rotatable bonds is 9. The van der Waals surface area contributed by atoms with Crippen molar-refractivity contribution in [2.45, 2.75) is 56.8 Å². The van der Waals surface area contributed by atoms with Crippen molar-refractivity contribution in [1.82, 2.24) is 20.0 Å². The zero-order chi connectivity index (χ0) is 25.7. The second-order valence-corrected chi connectivity index (χ2v) is 9.35. The van der Waals surface area contributed by atoms with Crippen LogP contribution in [0.3, 0.4) is 0 Å². The Labute approximate surface area is 207 Å². The van der Waals surface area contributed by atoms with Gasteiger partial charge in [0.15, 0.2) is 5.69 Å². The third-order valence-electron chi connectivity index (χ3n) is 6.80. The maximum atomic E-state index is 13.8. The van der Waals surface area contributed by atoms with Crippen LogP contribution in [0.4, 0.5) is 13.2 Å². The van der Waals surface area contributed by atoms with Gasteiger partial charge in [0.25, 0.3) is 5.91 Å². The van der Waals surface area contributed by atoms with E-state index in [1.165, 1.54) is 24.3 Å². The standard InChI is InChI=1S/C25H31F3N4O4/c26-25(27,28)20-8-4-3-7-19(20)22-16-21(30-32(22)18-5-1-2-6-18)24(35)29-17(15-23(33)34)9-10-31-11-13-36-14-12-31/h3-4,7-8,16-18H,1-2,5-6,9-15H2,(H,29,35)(H,33,34)/t17-/m0/s1. The number of nitrogens with zero attached hydrogens (tertiary/aromatic N) is 3. The lowest BCUT2D eigenvalue weighted by molar-refractivity contribution is -0.138. The molecule has 2 N–H and O–H groups in total. The molecule has 1 atom stereocenters. The molecule has 1 saturated carbocycles. The van der Waals surface area contributed by atoms with E-state index in [1.54, 1.807) is 4.68 Å². The first-order chi connectivity index (χ1) is 17.2. The molecule has 1 aromatic carbocycles. The number of hydrogen-bond acceptors (Lipinski definition) is 5. The molecular formula is C25H31F3N4O4. The Kier molecular flexibility index (Phi) is 8.30. The van der Waals surface area contributed by atoms with Gasteiger partial charge < -0.3 is 15.2 Å². The molecule has 196 valence electrons. The number of alkyl halides is 3. The first-order valence-corrected chi connectivity index (χ1v) is 12.3. The third-order valence-corrected chi connectivity index (χ3v) is 6.80. The number of nitrogens with one attached hydrogen (secondary N) is 1. The fraction of sp³-hybridized carbons (Fsp3) is 0.560. The molecule has 2 fully saturated rings. The number of aromatic nitrogens is 2. The average molecular weight is 509 g/mol. The van der Waals surface area contributed by atoms with Gasteiger partial charge in [0.05, 0.1) is 36.9 Å². The van der Waals surface area contributed by atoms with Gasteiger partial charge in [-0.2, -0.15) is 18.3 Å². The minimum Gasteiger partial charge on any atom is -0.481 e. The van der Waals surface area contributed by atoms with E-state index in [2.05, 4.69) is 15.3 Å². The smallest absolute Gasteiger partial charge is 0.417 e. The predicted octanol–water partition coefficient (Wildman–Crippen LogP) is 3.98. The SMILES string of the molecule is O=C(O)C[C@H](CCN1CCOCC1)NC(=O)c1cc(-c2ccccc2C(F)(F)F)n(C2CCCC2)n1. The van der Waals surface area contributed by atoms with Crippen molar-refractivity contribution in [1.29, 1.82) is 0 Å². The molecule has 1 saturated heterocycles. The number of carboxylic acid groups (broad SMARTS) is 1. The fourth-order valence-electron chi connectivity index (χ4n) is 4.95. The lowest BCUT2D eigenvalue weighted by Gasteiger charge is -2.28. The van der Waals surface area contributed by atoms with Crippen molar-refractivity contribution in [2.24, 2.45) is 0 Å². The van der Waals surface area contributed by atoms with E-state index < -0.39 is 29.7 Å². The minimum atomic E-state index is -4.56. The molecule has 0 spiro atoms. The van der Waals surface area contributed by atoms with Crippen LogP contribution in [-0.4, -0.2) is 70.6 Å². The lowest BCUT2D eigenvalue weighted by Crippen LogP contribution is -2.42. The Bertz CT molecular complexity index is 1060. The number of halogens is 3. The van der Waals surface area contributed by atoms with E-state index in [0.717, 1.165) is 44.8 Å². The number of carbonyl (C=O) groups is 2. The largest absolute Gasteiger partial charge is 0.481 e. The molecular weight excluding hydrogens is 477 g/mol. The quantitative estimate of drug-likeness (QED) is 0.532. The number of carbonyl (C=O) groups excluding carboxylic acids is 1. The number of carboxylic acids is 1. The van der Waals surface area contributed by atoms with Gasteiger partial charge in [-0.15, -0.1) is 0 Å². The Morgan fingerprint density at radius 2 is 1.86 bits per heavy atom. The van der Waals surface area contributed by atoms with Crippen LogP contribution in [-0.2, 0) is 15.7 Å². The number of hydrogen-bond donors (Lipinski definition) is 2. The van der Waals surface area contributed by atoms with Gasteiger partial charge in [0, 0.05) is 31.2 Å². The summed E-state index contributed by atoms with van der Waals surface area (Å²) < 4.78 is 48.2. The summed E-state index contributed by atoms with van der Waals surface area (Å²) in [6.07, 6.45) is -0.982. The molecule has 0 radical (unpaired) electrons. The van der Waals surface area contributed by atoms with Crippen molar-refractivity contribution >= 4 is 11.9 Å². The number of ether oxygens (including phenoxy) is 1. The second-order valence-electron chi connectivity index (χ2n) is 9.35. The molecule has 0 bridgehead atoms. The molecule has 2 aliphatic rings. The van der Waals surface area contributed by atoms with Gasteiger partial charge in [-0.3, -0.25) is 19.2 Å². The molecule has 1 aromatic heterocycles. The molecule has 2 aromatic rings. The Morgan fingerprint density at radius 3 is 2.53 bits per heavy atom. The third kappa shape index (κ3) is 6.44. The predicted molar refractivity (Wildman–Crippen MR) is 126 cm³/mol. The highest BCUT2D eigenvalue weighted by atomic mass is 19.4. The summed E-state index contributed by atoms with van der Waals surface area (Å²) in [5.41, 5.74) is -0.595. The van der Waals surface area contributed by atoms with Crippen molar-refractivity contribution in [3.63, 3.8) is 0 Å². The van der Waals surface area contributed by atoms with Gasteiger partial charge >= 0.3 is 12.1 Å². The highest BCUT2D eigenvalue weighted by molar-refractivity contribution is 5.94. The number of aliphatic carboxylic acids is 1. The first-order valence-electron chi connectivity index (χ1n) is 12.3. The Hall–Kier alpha value is -2.92. The van der Waals surface area contributed by atoms with Crippen LogP contribution in [0, 0.1) is 0 Å². The van der Waals surface area contributed by atoms with Crippen LogP contribution in [0.25, 0.3) is 11.3 Å². The number of amides is 1. The summed E-state index contributed by atoms with van der Waals surface area (Å²) in [5, 5.41) is 16.5. The highest BCUT2D eigenvalue weighted by Crippen LogP contribution is 2.40. The van der Waals surface area contributed by atoms with Gasteiger partial charge in [-0.05, 0) is 31.4 Å². The molecule has 1 aliphatic heterocycles. The molecule has 8 nitrogen and oxygen atoms in total. The van der Waals surface area contributed by atoms with Crippen molar-refractivity contribution in [3.05, 3.63) is 41.6 Å².